The SMILES string of the molecule is Cc1cc(Cl)cc(-c2ccnc3ccsc23)c1O[C@H]1CCCNC1. The first-order valence-corrected chi connectivity index (χ1v) is 9.48. The maximum atomic E-state index is 6.42. The summed E-state index contributed by atoms with van der Waals surface area (Å²) < 4.78 is 7.59. The van der Waals surface area contributed by atoms with Crippen LogP contribution in [0.1, 0.15) is 18.4 Å². The first-order chi connectivity index (χ1) is 11.7. The minimum atomic E-state index is 0.207. The molecule has 0 aliphatic carbocycles. The number of aromatic nitrogens is 1. The van der Waals surface area contributed by atoms with E-state index in [0.717, 1.165) is 58.9 Å². The van der Waals surface area contributed by atoms with Gasteiger partial charge in [-0.2, -0.15) is 0 Å². The fourth-order valence-corrected chi connectivity index (χ4v) is 4.41. The zero-order valence-electron chi connectivity index (χ0n) is 13.5. The van der Waals surface area contributed by atoms with Crippen LogP contribution in [-0.2, 0) is 0 Å². The molecular formula is C19H19ClN2OS. The molecule has 0 spiro atoms. The zero-order valence-corrected chi connectivity index (χ0v) is 15.1. The number of piperidine rings is 1. The number of rotatable bonds is 3. The van der Waals surface area contributed by atoms with Crippen molar-refractivity contribution < 1.29 is 4.74 Å². The molecule has 0 saturated carbocycles. The summed E-state index contributed by atoms with van der Waals surface area (Å²) in [7, 11) is 0. The Morgan fingerprint density at radius 3 is 3.04 bits per heavy atom. The second-order valence-corrected chi connectivity index (χ2v) is 7.53. The van der Waals surface area contributed by atoms with E-state index in [9.17, 15) is 0 Å². The number of aryl methyl sites for hydroxylation is 1. The van der Waals surface area contributed by atoms with Gasteiger partial charge in [-0.15, -0.1) is 11.3 Å². The van der Waals surface area contributed by atoms with Gasteiger partial charge < -0.3 is 10.1 Å². The van der Waals surface area contributed by atoms with Gasteiger partial charge in [0.05, 0.1) is 10.2 Å². The van der Waals surface area contributed by atoms with E-state index in [4.69, 9.17) is 16.3 Å². The van der Waals surface area contributed by atoms with Crippen molar-refractivity contribution in [3.63, 3.8) is 0 Å². The molecule has 1 atom stereocenters. The molecule has 124 valence electrons. The summed E-state index contributed by atoms with van der Waals surface area (Å²) in [5.74, 6) is 0.939. The molecule has 0 unspecified atom stereocenters. The lowest BCUT2D eigenvalue weighted by Crippen LogP contribution is -2.37. The van der Waals surface area contributed by atoms with Gasteiger partial charge in [-0.3, -0.25) is 4.98 Å². The normalized spacial score (nSPS) is 18.0. The number of thiophene rings is 1. The first kappa shape index (κ1) is 15.9. The molecule has 4 rings (SSSR count). The topological polar surface area (TPSA) is 34.1 Å². The third-order valence-electron chi connectivity index (χ3n) is 4.41. The smallest absolute Gasteiger partial charge is 0.130 e. The van der Waals surface area contributed by atoms with E-state index in [-0.39, 0.29) is 6.10 Å². The molecule has 3 heterocycles. The number of halogens is 1. The quantitative estimate of drug-likeness (QED) is 0.710. The third-order valence-corrected chi connectivity index (χ3v) is 5.56. The molecule has 1 fully saturated rings. The molecule has 1 aliphatic heterocycles. The van der Waals surface area contributed by atoms with Gasteiger partial charge in [-0.25, -0.2) is 0 Å². The molecule has 2 aromatic heterocycles. The largest absolute Gasteiger partial charge is 0.488 e. The molecule has 0 bridgehead atoms. The average molecular weight is 359 g/mol. The lowest BCUT2D eigenvalue weighted by molar-refractivity contribution is 0.167. The summed E-state index contributed by atoms with van der Waals surface area (Å²) in [4.78, 5) is 4.44. The maximum absolute atomic E-state index is 6.42. The molecule has 3 aromatic rings. The molecule has 24 heavy (non-hydrogen) atoms. The van der Waals surface area contributed by atoms with Gasteiger partial charge in [0, 0.05) is 28.9 Å². The number of hydrogen-bond donors (Lipinski definition) is 1. The van der Waals surface area contributed by atoms with E-state index in [2.05, 4.69) is 28.7 Å². The zero-order chi connectivity index (χ0) is 16.5. The Labute approximate surface area is 150 Å². The minimum absolute atomic E-state index is 0.207. The van der Waals surface area contributed by atoms with Gasteiger partial charge in [0.25, 0.3) is 0 Å². The van der Waals surface area contributed by atoms with Crippen LogP contribution in [0.15, 0.2) is 35.8 Å². The summed E-state index contributed by atoms with van der Waals surface area (Å²) in [5, 5.41) is 6.22. The van der Waals surface area contributed by atoms with Crippen LogP contribution >= 0.6 is 22.9 Å². The van der Waals surface area contributed by atoms with Gasteiger partial charge >= 0.3 is 0 Å². The van der Waals surface area contributed by atoms with Gasteiger partial charge in [0.2, 0.25) is 0 Å². The van der Waals surface area contributed by atoms with Gasteiger partial charge in [-0.05, 0) is 61.5 Å². The summed E-state index contributed by atoms with van der Waals surface area (Å²) in [5.41, 5.74) is 4.28. The highest BCUT2D eigenvalue weighted by Crippen LogP contribution is 2.41. The molecule has 1 N–H and O–H groups in total. The summed E-state index contributed by atoms with van der Waals surface area (Å²) >= 11 is 8.06. The third kappa shape index (κ3) is 3.02. The fourth-order valence-electron chi connectivity index (χ4n) is 3.26. The fraction of sp³-hybridized carbons (Fsp3) is 0.316. The van der Waals surface area contributed by atoms with Crippen molar-refractivity contribution >= 4 is 33.2 Å². The standard InChI is InChI=1S/C19H19ClN2OS/c1-12-9-13(20)10-16(18(12)23-14-3-2-6-21-11-14)15-4-7-22-17-5-8-24-19(15)17/h4-5,7-10,14,21H,2-3,6,11H2,1H3/t14-/m0/s1. The predicted octanol–water partition coefficient (Wildman–Crippen LogP) is 5.06. The van der Waals surface area contributed by atoms with Gasteiger partial charge in [0.1, 0.15) is 11.9 Å². The van der Waals surface area contributed by atoms with Crippen LogP contribution in [0.5, 0.6) is 5.75 Å². The minimum Gasteiger partial charge on any atom is -0.488 e. The molecule has 1 saturated heterocycles. The first-order valence-electron chi connectivity index (χ1n) is 8.22. The molecule has 1 aliphatic rings. The van der Waals surface area contributed by atoms with Crippen molar-refractivity contribution in [2.24, 2.45) is 0 Å². The Morgan fingerprint density at radius 2 is 2.21 bits per heavy atom. The monoisotopic (exact) mass is 358 g/mol. The average Bonchev–Trinajstić information content (AvgIpc) is 3.07. The molecular weight excluding hydrogens is 340 g/mol. The summed E-state index contributed by atoms with van der Waals surface area (Å²) in [6.45, 7) is 4.03. The van der Waals surface area contributed by atoms with Crippen molar-refractivity contribution in [1.82, 2.24) is 10.3 Å². The lowest BCUT2D eigenvalue weighted by Gasteiger charge is -2.26. The van der Waals surface area contributed by atoms with Crippen molar-refractivity contribution in [3.8, 4) is 16.9 Å². The van der Waals surface area contributed by atoms with Gasteiger partial charge in [-0.1, -0.05) is 11.6 Å². The molecule has 1 aromatic carbocycles. The van der Waals surface area contributed by atoms with Crippen LogP contribution in [0.2, 0.25) is 5.02 Å². The van der Waals surface area contributed by atoms with Crippen LogP contribution < -0.4 is 10.1 Å². The number of nitrogens with zero attached hydrogens (tertiary/aromatic N) is 1. The summed E-state index contributed by atoms with van der Waals surface area (Å²) in [6.07, 6.45) is 4.29. The molecule has 0 radical (unpaired) electrons. The highest BCUT2D eigenvalue weighted by atomic mass is 35.5. The Bertz CT molecular complexity index is 871. The van der Waals surface area contributed by atoms with E-state index in [0.29, 0.717) is 0 Å². The van der Waals surface area contributed by atoms with Crippen LogP contribution in [0, 0.1) is 6.92 Å². The number of pyridine rings is 1. The predicted molar refractivity (Wildman–Crippen MR) is 101 cm³/mol. The van der Waals surface area contributed by atoms with Crippen LogP contribution in [0.3, 0.4) is 0 Å². The van der Waals surface area contributed by atoms with Gasteiger partial charge in [0.15, 0.2) is 0 Å². The van der Waals surface area contributed by atoms with Crippen molar-refractivity contribution in [3.05, 3.63) is 46.4 Å². The van der Waals surface area contributed by atoms with E-state index in [1.807, 2.05) is 24.4 Å². The van der Waals surface area contributed by atoms with Crippen molar-refractivity contribution in [2.45, 2.75) is 25.9 Å². The highest BCUT2D eigenvalue weighted by Gasteiger charge is 2.20. The Balaban J connectivity index is 1.83. The van der Waals surface area contributed by atoms with E-state index in [1.165, 1.54) is 4.70 Å². The number of fused-ring (bicyclic) bond motifs is 1. The van der Waals surface area contributed by atoms with E-state index in [1.54, 1.807) is 11.3 Å². The van der Waals surface area contributed by atoms with Crippen LogP contribution in [0.25, 0.3) is 21.3 Å². The molecule has 0 amide bonds. The number of hydrogen-bond acceptors (Lipinski definition) is 4. The highest BCUT2D eigenvalue weighted by molar-refractivity contribution is 7.17. The van der Waals surface area contributed by atoms with Crippen molar-refractivity contribution in [2.75, 3.05) is 13.1 Å². The Hall–Kier alpha value is -1.62. The number of ether oxygens (including phenoxy) is 1. The summed E-state index contributed by atoms with van der Waals surface area (Å²) in [6, 6.07) is 8.08. The number of nitrogens with one attached hydrogen (secondary N) is 1. The lowest BCUT2D eigenvalue weighted by atomic mass is 10.0. The van der Waals surface area contributed by atoms with Crippen LogP contribution in [-0.4, -0.2) is 24.2 Å². The van der Waals surface area contributed by atoms with Crippen LogP contribution in [0.4, 0.5) is 0 Å². The van der Waals surface area contributed by atoms with E-state index < -0.39 is 0 Å². The Morgan fingerprint density at radius 1 is 1.29 bits per heavy atom. The van der Waals surface area contributed by atoms with E-state index >= 15 is 0 Å². The Kier molecular flexibility index (Phi) is 4.44. The second kappa shape index (κ2) is 6.71. The van der Waals surface area contributed by atoms with Crippen molar-refractivity contribution in [1.29, 1.82) is 0 Å². The molecule has 3 nitrogen and oxygen atoms in total. The second-order valence-electron chi connectivity index (χ2n) is 6.18. The molecule has 5 heteroatoms. The maximum Gasteiger partial charge on any atom is 0.130 e. The number of benzene rings is 1.